The molecule has 0 bridgehead atoms. The van der Waals surface area contributed by atoms with Gasteiger partial charge in [0.2, 0.25) is 5.91 Å². The molecule has 1 aliphatic carbocycles. The molecule has 0 aromatic carbocycles. The molecule has 0 spiro atoms. The maximum absolute atomic E-state index is 11.2. The van der Waals surface area contributed by atoms with Gasteiger partial charge in [-0.25, -0.2) is 0 Å². The second-order valence-electron chi connectivity index (χ2n) is 2.87. The summed E-state index contributed by atoms with van der Waals surface area (Å²) in [5.74, 6) is 0.817. The number of rotatable bonds is 2. The van der Waals surface area contributed by atoms with Gasteiger partial charge in [0, 0.05) is 12.1 Å². The number of nitrogens with zero attached hydrogens (tertiary/aromatic N) is 2. The number of hydrogen-bond donors (Lipinski definition) is 1. The second-order valence-corrected chi connectivity index (χ2v) is 2.87. The van der Waals surface area contributed by atoms with Crippen molar-refractivity contribution >= 4 is 11.7 Å². The molecule has 1 saturated carbocycles. The molecule has 1 aliphatic rings. The minimum atomic E-state index is 0.0653. The van der Waals surface area contributed by atoms with Crippen LogP contribution < -0.4 is 5.32 Å². The molecule has 0 radical (unpaired) electrons. The van der Waals surface area contributed by atoms with Crippen molar-refractivity contribution in [2.75, 3.05) is 5.32 Å². The van der Waals surface area contributed by atoms with Crippen molar-refractivity contribution in [1.29, 1.82) is 0 Å². The van der Waals surface area contributed by atoms with E-state index < -0.39 is 0 Å². The number of carbonyl (C=O) groups excluding carboxylic acids is 1. The predicted molar refractivity (Wildman–Crippen MR) is 43.4 cm³/mol. The Morgan fingerprint density at radius 3 is 3.00 bits per heavy atom. The van der Waals surface area contributed by atoms with Gasteiger partial charge in [0.25, 0.3) is 0 Å². The molecule has 1 amide bonds. The van der Waals surface area contributed by atoms with Gasteiger partial charge in [-0.3, -0.25) is 4.79 Å². The Labute approximate surface area is 70.0 Å². The average Bonchev–Trinajstić information content (AvgIpc) is 2.88. The monoisotopic (exact) mass is 163 g/mol. The Balaban J connectivity index is 1.98. The van der Waals surface area contributed by atoms with Crippen molar-refractivity contribution in [3.63, 3.8) is 0 Å². The van der Waals surface area contributed by atoms with Crippen molar-refractivity contribution in [2.45, 2.75) is 12.8 Å². The molecule has 4 heteroatoms. The van der Waals surface area contributed by atoms with Crippen LogP contribution >= 0.6 is 0 Å². The zero-order valence-electron chi connectivity index (χ0n) is 6.53. The fourth-order valence-electron chi connectivity index (χ4n) is 0.942. The first-order valence-electron chi connectivity index (χ1n) is 3.95. The van der Waals surface area contributed by atoms with Gasteiger partial charge in [-0.05, 0) is 25.0 Å². The predicted octanol–water partition coefficient (Wildman–Crippen LogP) is 0.825. The van der Waals surface area contributed by atoms with Gasteiger partial charge in [0.1, 0.15) is 0 Å². The lowest BCUT2D eigenvalue weighted by Gasteiger charge is -1.99. The van der Waals surface area contributed by atoms with Gasteiger partial charge in [-0.1, -0.05) is 0 Å². The number of carbonyl (C=O) groups is 1. The van der Waals surface area contributed by atoms with Crippen LogP contribution in [0.5, 0.6) is 0 Å². The topological polar surface area (TPSA) is 54.9 Å². The summed E-state index contributed by atoms with van der Waals surface area (Å²) in [5.41, 5.74) is 0. The highest BCUT2D eigenvalue weighted by molar-refractivity contribution is 5.93. The van der Waals surface area contributed by atoms with E-state index in [4.69, 9.17) is 0 Å². The smallest absolute Gasteiger partial charge is 0.228 e. The van der Waals surface area contributed by atoms with E-state index in [1.807, 2.05) is 0 Å². The number of amides is 1. The molecular weight excluding hydrogens is 154 g/mol. The summed E-state index contributed by atoms with van der Waals surface area (Å²) in [4.78, 5) is 11.2. The molecular formula is C8H9N3O. The lowest BCUT2D eigenvalue weighted by molar-refractivity contribution is -0.117. The van der Waals surface area contributed by atoms with Crippen LogP contribution in [0.1, 0.15) is 12.8 Å². The molecule has 1 fully saturated rings. The SMILES string of the molecule is O=C(Nc1cccnn1)C1CC1. The third-order valence-electron chi connectivity index (χ3n) is 1.77. The summed E-state index contributed by atoms with van der Waals surface area (Å²) in [7, 11) is 0. The van der Waals surface area contributed by atoms with E-state index in [9.17, 15) is 4.79 Å². The maximum Gasteiger partial charge on any atom is 0.228 e. The third-order valence-corrected chi connectivity index (χ3v) is 1.77. The van der Waals surface area contributed by atoms with E-state index in [-0.39, 0.29) is 11.8 Å². The standard InChI is InChI=1S/C8H9N3O/c12-8(6-3-4-6)10-7-2-1-5-9-11-7/h1-2,5-6H,3-4H2,(H,10,11,12). The zero-order chi connectivity index (χ0) is 8.39. The van der Waals surface area contributed by atoms with Crippen molar-refractivity contribution in [1.82, 2.24) is 10.2 Å². The average molecular weight is 163 g/mol. The quantitative estimate of drug-likeness (QED) is 0.702. The minimum absolute atomic E-state index is 0.0653. The summed E-state index contributed by atoms with van der Waals surface area (Å²) < 4.78 is 0. The van der Waals surface area contributed by atoms with Crippen LogP contribution in [0.2, 0.25) is 0 Å². The summed E-state index contributed by atoms with van der Waals surface area (Å²) in [6.07, 6.45) is 3.59. The molecule has 62 valence electrons. The zero-order valence-corrected chi connectivity index (χ0v) is 6.53. The van der Waals surface area contributed by atoms with Crippen molar-refractivity contribution in [3.8, 4) is 0 Å². The number of hydrogen-bond acceptors (Lipinski definition) is 3. The maximum atomic E-state index is 11.2. The van der Waals surface area contributed by atoms with E-state index in [1.54, 1.807) is 18.3 Å². The Morgan fingerprint density at radius 1 is 1.58 bits per heavy atom. The molecule has 1 aromatic rings. The molecule has 1 aromatic heterocycles. The highest BCUT2D eigenvalue weighted by Gasteiger charge is 2.29. The summed E-state index contributed by atoms with van der Waals surface area (Å²) >= 11 is 0. The highest BCUT2D eigenvalue weighted by atomic mass is 16.2. The van der Waals surface area contributed by atoms with Gasteiger partial charge in [0.15, 0.2) is 5.82 Å². The van der Waals surface area contributed by atoms with E-state index in [1.165, 1.54) is 0 Å². The molecule has 4 nitrogen and oxygen atoms in total. The van der Waals surface area contributed by atoms with Crippen LogP contribution in [0.3, 0.4) is 0 Å². The first kappa shape index (κ1) is 7.21. The number of aromatic nitrogens is 2. The van der Waals surface area contributed by atoms with Crippen molar-refractivity contribution in [3.05, 3.63) is 18.3 Å². The van der Waals surface area contributed by atoms with Crippen LogP contribution in [-0.4, -0.2) is 16.1 Å². The number of anilines is 1. The van der Waals surface area contributed by atoms with Crippen molar-refractivity contribution in [2.24, 2.45) is 5.92 Å². The van der Waals surface area contributed by atoms with Gasteiger partial charge >= 0.3 is 0 Å². The van der Waals surface area contributed by atoms with Crippen LogP contribution in [0.15, 0.2) is 18.3 Å². The molecule has 0 unspecified atom stereocenters. The van der Waals surface area contributed by atoms with Crippen LogP contribution in [0.25, 0.3) is 0 Å². The van der Waals surface area contributed by atoms with E-state index in [0.29, 0.717) is 5.82 Å². The first-order chi connectivity index (χ1) is 5.86. The molecule has 12 heavy (non-hydrogen) atoms. The van der Waals surface area contributed by atoms with Gasteiger partial charge < -0.3 is 5.32 Å². The molecule has 0 atom stereocenters. The molecule has 1 heterocycles. The third kappa shape index (κ3) is 1.58. The summed E-state index contributed by atoms with van der Waals surface area (Å²) in [6.45, 7) is 0. The van der Waals surface area contributed by atoms with Gasteiger partial charge in [-0.2, -0.15) is 5.10 Å². The highest BCUT2D eigenvalue weighted by Crippen LogP contribution is 2.29. The van der Waals surface area contributed by atoms with E-state index in [0.717, 1.165) is 12.8 Å². The van der Waals surface area contributed by atoms with Gasteiger partial charge in [0.05, 0.1) is 0 Å². The summed E-state index contributed by atoms with van der Waals surface area (Å²) in [6, 6.07) is 3.47. The fraction of sp³-hybridized carbons (Fsp3) is 0.375. The first-order valence-corrected chi connectivity index (χ1v) is 3.95. The lowest BCUT2D eigenvalue weighted by atomic mass is 10.4. The summed E-state index contributed by atoms with van der Waals surface area (Å²) in [5, 5.41) is 10.1. The second kappa shape index (κ2) is 2.89. The molecule has 0 saturated heterocycles. The lowest BCUT2D eigenvalue weighted by Crippen LogP contribution is -2.14. The fourth-order valence-corrected chi connectivity index (χ4v) is 0.942. The van der Waals surface area contributed by atoms with Crippen LogP contribution in [0, 0.1) is 5.92 Å². The molecule has 0 aliphatic heterocycles. The van der Waals surface area contributed by atoms with Gasteiger partial charge in [-0.15, -0.1) is 5.10 Å². The van der Waals surface area contributed by atoms with E-state index >= 15 is 0 Å². The Hall–Kier alpha value is -1.45. The largest absolute Gasteiger partial charge is 0.309 e. The molecule has 1 N–H and O–H groups in total. The van der Waals surface area contributed by atoms with Crippen molar-refractivity contribution < 1.29 is 4.79 Å². The minimum Gasteiger partial charge on any atom is -0.309 e. The molecule has 2 rings (SSSR count). The Kier molecular flexibility index (Phi) is 1.74. The Bertz CT molecular complexity index is 282. The van der Waals surface area contributed by atoms with Crippen LogP contribution in [0.4, 0.5) is 5.82 Å². The van der Waals surface area contributed by atoms with Crippen LogP contribution in [-0.2, 0) is 4.79 Å². The normalized spacial score (nSPS) is 15.7. The van der Waals surface area contributed by atoms with E-state index in [2.05, 4.69) is 15.5 Å². The number of nitrogens with one attached hydrogen (secondary N) is 1. The Morgan fingerprint density at radius 2 is 2.42 bits per heavy atom.